The molecule has 9 heteroatoms. The van der Waals surface area contributed by atoms with Gasteiger partial charge in [0.05, 0.1) is 12.8 Å². The molecule has 0 spiro atoms. The molecule has 0 radical (unpaired) electrons. The lowest BCUT2D eigenvalue weighted by molar-refractivity contribution is -0.126. The van der Waals surface area contributed by atoms with Crippen LogP contribution in [-0.2, 0) is 9.59 Å². The first-order chi connectivity index (χ1) is 16.9. The van der Waals surface area contributed by atoms with Crippen molar-refractivity contribution in [3.05, 3.63) is 89.9 Å². The van der Waals surface area contributed by atoms with E-state index in [0.29, 0.717) is 0 Å². The number of nitrogens with zero attached hydrogens (tertiary/aromatic N) is 1. The number of hydrogen-bond acceptors (Lipinski definition) is 4. The SMILES string of the molecule is O=C(NCC(=O)N(c1cccc(F)c1)[C@H](C(=O)NC1CCCC1)c1ccccc1F)c1ccco1. The molecule has 0 unspecified atom stereocenters. The predicted octanol–water partition coefficient (Wildman–Crippen LogP) is 4.12. The van der Waals surface area contributed by atoms with Gasteiger partial charge in [-0.1, -0.05) is 37.1 Å². The maximum Gasteiger partial charge on any atom is 0.287 e. The third-order valence-electron chi connectivity index (χ3n) is 5.91. The summed E-state index contributed by atoms with van der Waals surface area (Å²) in [4.78, 5) is 40.3. The lowest BCUT2D eigenvalue weighted by Gasteiger charge is -2.32. The number of anilines is 1. The van der Waals surface area contributed by atoms with Crippen molar-refractivity contribution in [2.45, 2.75) is 37.8 Å². The molecule has 0 bridgehead atoms. The topological polar surface area (TPSA) is 91.7 Å². The van der Waals surface area contributed by atoms with Crippen LogP contribution in [0, 0.1) is 11.6 Å². The molecule has 0 aliphatic heterocycles. The van der Waals surface area contributed by atoms with Gasteiger partial charge in [0, 0.05) is 17.3 Å². The van der Waals surface area contributed by atoms with E-state index in [1.54, 1.807) is 6.07 Å². The second-order valence-corrected chi connectivity index (χ2v) is 8.32. The first-order valence-electron chi connectivity index (χ1n) is 11.4. The minimum Gasteiger partial charge on any atom is -0.459 e. The Kier molecular flexibility index (Phi) is 7.54. The van der Waals surface area contributed by atoms with Crippen LogP contribution in [0.4, 0.5) is 14.5 Å². The summed E-state index contributed by atoms with van der Waals surface area (Å²) < 4.78 is 34.2. The van der Waals surface area contributed by atoms with Crippen LogP contribution >= 0.6 is 0 Å². The van der Waals surface area contributed by atoms with E-state index < -0.39 is 41.9 Å². The van der Waals surface area contributed by atoms with E-state index in [4.69, 9.17) is 4.42 Å². The molecule has 3 aromatic rings. The van der Waals surface area contributed by atoms with Crippen LogP contribution < -0.4 is 15.5 Å². The fourth-order valence-electron chi connectivity index (χ4n) is 4.24. The van der Waals surface area contributed by atoms with Gasteiger partial charge in [0.15, 0.2) is 5.76 Å². The Labute approximate surface area is 201 Å². The van der Waals surface area contributed by atoms with Gasteiger partial charge in [0.25, 0.3) is 5.91 Å². The Morgan fingerprint density at radius 2 is 1.77 bits per heavy atom. The molecule has 7 nitrogen and oxygen atoms in total. The molecule has 4 rings (SSSR count). The van der Waals surface area contributed by atoms with E-state index in [2.05, 4.69) is 10.6 Å². The summed E-state index contributed by atoms with van der Waals surface area (Å²) in [5, 5.41) is 5.36. The largest absolute Gasteiger partial charge is 0.459 e. The van der Waals surface area contributed by atoms with Crippen LogP contribution in [0.5, 0.6) is 0 Å². The molecular formula is C26H25F2N3O4. The van der Waals surface area contributed by atoms with E-state index in [9.17, 15) is 23.2 Å². The summed E-state index contributed by atoms with van der Waals surface area (Å²) in [6.07, 6.45) is 4.80. The smallest absolute Gasteiger partial charge is 0.287 e. The van der Waals surface area contributed by atoms with E-state index in [1.807, 2.05) is 0 Å². The van der Waals surface area contributed by atoms with Crippen molar-refractivity contribution in [2.75, 3.05) is 11.4 Å². The Morgan fingerprint density at radius 1 is 1.00 bits per heavy atom. The highest BCUT2D eigenvalue weighted by molar-refractivity contribution is 6.04. The number of nitrogens with one attached hydrogen (secondary N) is 2. The standard InChI is InChI=1S/C26H25F2N3O4/c27-17-7-5-10-19(15-17)31(23(32)16-29-25(33)22-13-6-14-35-22)24(20-11-3-4-12-21(20)28)26(34)30-18-8-1-2-9-18/h3-7,10-15,18,24H,1-2,8-9,16H2,(H,29,33)(H,30,34)/t24-/m0/s1. The Balaban J connectivity index is 1.70. The highest BCUT2D eigenvalue weighted by Crippen LogP contribution is 2.31. The van der Waals surface area contributed by atoms with E-state index >= 15 is 0 Å². The lowest BCUT2D eigenvalue weighted by Crippen LogP contribution is -2.49. The first-order valence-corrected chi connectivity index (χ1v) is 11.4. The van der Waals surface area contributed by atoms with Crippen molar-refractivity contribution in [1.82, 2.24) is 10.6 Å². The highest BCUT2D eigenvalue weighted by atomic mass is 19.1. The van der Waals surface area contributed by atoms with Gasteiger partial charge in [-0.25, -0.2) is 8.78 Å². The number of carbonyl (C=O) groups is 3. The third-order valence-corrected chi connectivity index (χ3v) is 5.91. The summed E-state index contributed by atoms with van der Waals surface area (Å²) >= 11 is 0. The summed E-state index contributed by atoms with van der Waals surface area (Å²) in [6.45, 7) is -0.530. The summed E-state index contributed by atoms with van der Waals surface area (Å²) in [5.41, 5.74) is 0.00930. The molecule has 182 valence electrons. The van der Waals surface area contributed by atoms with Crippen molar-refractivity contribution < 1.29 is 27.6 Å². The molecule has 1 aliphatic rings. The average Bonchev–Trinajstić information content (AvgIpc) is 3.56. The molecule has 2 N–H and O–H groups in total. The maximum atomic E-state index is 15.0. The molecule has 1 heterocycles. The first kappa shape index (κ1) is 24.1. The number of amides is 3. The number of carbonyl (C=O) groups excluding carboxylic acids is 3. The van der Waals surface area contributed by atoms with E-state index in [0.717, 1.165) is 36.6 Å². The predicted molar refractivity (Wildman–Crippen MR) is 124 cm³/mol. The van der Waals surface area contributed by atoms with Gasteiger partial charge in [0.1, 0.15) is 17.7 Å². The average molecular weight is 481 g/mol. The highest BCUT2D eigenvalue weighted by Gasteiger charge is 2.36. The van der Waals surface area contributed by atoms with Crippen LogP contribution in [-0.4, -0.2) is 30.3 Å². The van der Waals surface area contributed by atoms with Crippen LogP contribution in [0.25, 0.3) is 0 Å². The van der Waals surface area contributed by atoms with E-state index in [-0.39, 0.29) is 23.1 Å². The molecule has 1 aliphatic carbocycles. The van der Waals surface area contributed by atoms with Gasteiger partial charge in [0.2, 0.25) is 11.8 Å². The minimum absolute atomic E-state index is 0.000245. The summed E-state index contributed by atoms with van der Waals surface area (Å²) in [5.74, 6) is -3.28. The molecule has 2 aromatic carbocycles. The zero-order chi connectivity index (χ0) is 24.8. The van der Waals surface area contributed by atoms with E-state index in [1.165, 1.54) is 54.8 Å². The second kappa shape index (κ2) is 10.9. The molecular weight excluding hydrogens is 456 g/mol. The lowest BCUT2D eigenvalue weighted by atomic mass is 10.0. The van der Waals surface area contributed by atoms with Crippen molar-refractivity contribution in [3.8, 4) is 0 Å². The quantitative estimate of drug-likeness (QED) is 0.506. The maximum absolute atomic E-state index is 15.0. The van der Waals surface area contributed by atoms with Crippen LogP contribution in [0.3, 0.4) is 0 Å². The third kappa shape index (κ3) is 5.74. The van der Waals surface area contributed by atoms with Crippen molar-refractivity contribution in [3.63, 3.8) is 0 Å². The molecule has 3 amide bonds. The van der Waals surface area contributed by atoms with Gasteiger partial charge < -0.3 is 15.1 Å². The van der Waals surface area contributed by atoms with Crippen LogP contribution in [0.2, 0.25) is 0 Å². The number of rotatable bonds is 8. The second-order valence-electron chi connectivity index (χ2n) is 8.32. The fraction of sp³-hybridized carbons (Fsp3) is 0.269. The van der Waals surface area contributed by atoms with Crippen LogP contribution in [0.15, 0.2) is 71.3 Å². The molecule has 1 atom stereocenters. The van der Waals surface area contributed by atoms with Crippen molar-refractivity contribution in [1.29, 1.82) is 0 Å². The molecule has 35 heavy (non-hydrogen) atoms. The van der Waals surface area contributed by atoms with Gasteiger partial charge in [-0.3, -0.25) is 19.3 Å². The number of hydrogen-bond donors (Lipinski definition) is 2. The zero-order valence-electron chi connectivity index (χ0n) is 18.9. The van der Waals surface area contributed by atoms with Gasteiger partial charge in [-0.15, -0.1) is 0 Å². The fourth-order valence-corrected chi connectivity index (χ4v) is 4.24. The Hall–Kier alpha value is -4.01. The van der Waals surface area contributed by atoms with Gasteiger partial charge >= 0.3 is 0 Å². The number of furan rings is 1. The Morgan fingerprint density at radius 3 is 2.46 bits per heavy atom. The Bertz CT molecular complexity index is 1190. The molecule has 1 saturated carbocycles. The zero-order valence-corrected chi connectivity index (χ0v) is 18.9. The molecule has 1 fully saturated rings. The van der Waals surface area contributed by atoms with Crippen molar-refractivity contribution in [2.24, 2.45) is 0 Å². The number of benzene rings is 2. The minimum atomic E-state index is -1.42. The summed E-state index contributed by atoms with van der Waals surface area (Å²) in [7, 11) is 0. The van der Waals surface area contributed by atoms with Gasteiger partial charge in [-0.2, -0.15) is 0 Å². The summed E-state index contributed by atoms with van der Waals surface area (Å²) in [6, 6.07) is 12.2. The van der Waals surface area contributed by atoms with Crippen LogP contribution in [0.1, 0.15) is 47.8 Å². The molecule has 1 aromatic heterocycles. The van der Waals surface area contributed by atoms with Crippen molar-refractivity contribution >= 4 is 23.4 Å². The number of halogens is 2. The monoisotopic (exact) mass is 481 g/mol. The molecule has 0 saturated heterocycles. The normalized spacial score (nSPS) is 14.3. The van der Waals surface area contributed by atoms with Gasteiger partial charge in [-0.05, 0) is 49.2 Å².